The molecule has 0 spiro atoms. The van der Waals surface area contributed by atoms with Crippen LogP contribution >= 0.6 is 0 Å². The molecule has 3 heteroatoms. The van der Waals surface area contributed by atoms with Gasteiger partial charge in [0.15, 0.2) is 0 Å². The van der Waals surface area contributed by atoms with Crippen LogP contribution in [-0.4, -0.2) is 9.97 Å². The summed E-state index contributed by atoms with van der Waals surface area (Å²) in [7, 11) is 0. The Morgan fingerprint density at radius 3 is 1.96 bits per heavy atom. The molecule has 3 nitrogen and oxygen atoms in total. The number of hydrogen-bond acceptors (Lipinski definition) is 3. The predicted molar refractivity (Wildman–Crippen MR) is 204 cm³/mol. The minimum absolute atomic E-state index is 0.00521. The first-order valence-electron chi connectivity index (χ1n) is 19.5. The molecule has 3 aromatic heterocycles. The molecule has 3 heterocycles. The molecule has 10 aromatic rings. The fourth-order valence-electron chi connectivity index (χ4n) is 6.94. The second-order valence-corrected chi connectivity index (χ2v) is 12.0. The van der Waals surface area contributed by atoms with E-state index in [1.54, 1.807) is 0 Å². The Balaban J connectivity index is 1.10. The van der Waals surface area contributed by atoms with Crippen molar-refractivity contribution in [2.75, 3.05) is 0 Å². The Hall–Kier alpha value is -6.58. The lowest BCUT2D eigenvalue weighted by molar-refractivity contribution is 0.598. The Labute approximate surface area is 292 Å². The summed E-state index contributed by atoms with van der Waals surface area (Å²) < 4.78 is 66.6. The minimum atomic E-state index is -0.462. The van der Waals surface area contributed by atoms with Gasteiger partial charge in [0.2, 0.25) is 0 Å². The van der Waals surface area contributed by atoms with E-state index >= 15 is 0 Å². The molecule has 0 saturated carbocycles. The first-order chi connectivity index (χ1) is 27.2. The van der Waals surface area contributed by atoms with Crippen molar-refractivity contribution < 1.29 is 14.0 Å². The van der Waals surface area contributed by atoms with Crippen molar-refractivity contribution in [2.45, 2.75) is 0 Å². The van der Waals surface area contributed by atoms with Crippen molar-refractivity contribution in [3.05, 3.63) is 170 Å². The monoisotopic (exact) mass is 631 g/mol. The van der Waals surface area contributed by atoms with Crippen LogP contribution < -0.4 is 0 Å². The van der Waals surface area contributed by atoms with E-state index in [4.69, 9.17) is 19.0 Å². The average molecular weight is 632 g/mol. The maximum Gasteiger partial charge on any atom is 0.135 e. The van der Waals surface area contributed by atoms with E-state index in [1.165, 1.54) is 10.8 Å². The van der Waals surface area contributed by atoms with Crippen molar-refractivity contribution in [3.63, 3.8) is 0 Å². The molecule has 0 bridgehead atoms. The molecule has 228 valence electrons. The molecule has 0 atom stereocenters. The number of benzene rings is 7. The molecule has 49 heavy (non-hydrogen) atoms. The van der Waals surface area contributed by atoms with Crippen LogP contribution in [-0.2, 0) is 0 Å². The van der Waals surface area contributed by atoms with Crippen LogP contribution in [0, 0.1) is 0 Å². The van der Waals surface area contributed by atoms with Crippen LogP contribution in [0.5, 0.6) is 0 Å². The van der Waals surface area contributed by atoms with Gasteiger partial charge in [-0.25, -0.2) is 4.98 Å². The highest BCUT2D eigenvalue weighted by Gasteiger charge is 2.15. The number of furan rings is 1. The van der Waals surface area contributed by atoms with E-state index < -0.39 is 18.3 Å². The van der Waals surface area contributed by atoms with E-state index in [1.807, 2.05) is 78.9 Å². The summed E-state index contributed by atoms with van der Waals surface area (Å²) in [4.78, 5) is 9.01. The second-order valence-electron chi connectivity index (χ2n) is 12.0. The Morgan fingerprint density at radius 1 is 0.449 bits per heavy atom. The maximum atomic E-state index is 9.04. The smallest absolute Gasteiger partial charge is 0.135 e. The summed E-state index contributed by atoms with van der Waals surface area (Å²) in [5, 5.41) is 6.19. The van der Waals surface area contributed by atoms with Gasteiger partial charge in [-0.2, -0.15) is 0 Å². The van der Waals surface area contributed by atoms with Gasteiger partial charge in [-0.3, -0.25) is 4.98 Å². The van der Waals surface area contributed by atoms with Crippen LogP contribution in [0.15, 0.2) is 174 Å². The number of pyridine rings is 2. The average Bonchev–Trinajstić information content (AvgIpc) is 3.73. The summed E-state index contributed by atoms with van der Waals surface area (Å²) in [6.07, 6.45) is -0.462. The molecule has 0 unspecified atom stereocenters. The maximum absolute atomic E-state index is 9.04. The Morgan fingerprint density at radius 2 is 1.10 bits per heavy atom. The topological polar surface area (TPSA) is 38.9 Å². The highest BCUT2D eigenvalue weighted by molar-refractivity contribution is 6.13. The van der Waals surface area contributed by atoms with E-state index in [9.17, 15) is 0 Å². The SMILES string of the molecule is [2H]c1nc2c(c([2H])c1[2H])c([2H])c([2H])c1c([2H])c([2H])c(-c3ccc(-c4cccc(-c5ccc(-c6cc7ccccc7c7ccccc67)o5)c4)c4ccccc34)nc12. The van der Waals surface area contributed by atoms with E-state index in [-0.39, 0.29) is 51.7 Å². The third-order valence-corrected chi connectivity index (χ3v) is 9.23. The quantitative estimate of drug-likeness (QED) is 0.181. The molecule has 0 amide bonds. The zero-order valence-corrected chi connectivity index (χ0v) is 25.9. The number of rotatable bonds is 4. The van der Waals surface area contributed by atoms with E-state index in [0.29, 0.717) is 5.56 Å². The van der Waals surface area contributed by atoms with Gasteiger partial charge in [0.1, 0.15) is 11.5 Å². The standard InChI is InChI=1S/C46H28N2O/c1-2-13-34-32(9-1)28-41(39-17-6-4-14-36(34)39)44-25-24-43(49-44)33-11-7-10-31(27-33)35-21-22-40(38-16-5-3-15-37(35)38)42-23-20-30-19-18-29-12-8-26-47-45(29)46(30)48-42/h1-28H/i8D,12D,18D,19D,20D,23D,26D. The molecular weight excluding hydrogens is 597 g/mol. The Bertz CT molecular complexity index is 3300. The highest BCUT2D eigenvalue weighted by Crippen LogP contribution is 2.40. The predicted octanol–water partition coefficient (Wildman–Crippen LogP) is 12.5. The van der Waals surface area contributed by atoms with Gasteiger partial charge < -0.3 is 4.42 Å². The lowest BCUT2D eigenvalue weighted by atomic mass is 9.92. The van der Waals surface area contributed by atoms with Crippen molar-refractivity contribution in [3.8, 4) is 45.0 Å². The lowest BCUT2D eigenvalue weighted by Crippen LogP contribution is -1.91. The molecule has 0 aliphatic carbocycles. The Kier molecular flexibility index (Phi) is 4.79. The zero-order valence-electron chi connectivity index (χ0n) is 32.9. The molecule has 0 aliphatic rings. The molecule has 0 saturated heterocycles. The minimum Gasteiger partial charge on any atom is -0.456 e. The van der Waals surface area contributed by atoms with Crippen molar-refractivity contribution in [2.24, 2.45) is 0 Å². The van der Waals surface area contributed by atoms with Crippen LogP contribution in [0.1, 0.15) is 9.60 Å². The number of fused-ring (bicyclic) bond motifs is 7. The summed E-state index contributed by atoms with van der Waals surface area (Å²) in [5.74, 6) is 1.51. The molecule has 0 radical (unpaired) electrons. The first kappa shape index (κ1) is 21.3. The molecule has 0 aliphatic heterocycles. The third-order valence-electron chi connectivity index (χ3n) is 9.23. The van der Waals surface area contributed by atoms with Crippen molar-refractivity contribution >= 4 is 54.1 Å². The van der Waals surface area contributed by atoms with Crippen LogP contribution in [0.3, 0.4) is 0 Å². The van der Waals surface area contributed by atoms with E-state index in [0.717, 1.165) is 55.3 Å². The second kappa shape index (κ2) is 11.0. The summed E-state index contributed by atoms with van der Waals surface area (Å²) in [6.45, 7) is 0. The lowest BCUT2D eigenvalue weighted by Gasteiger charge is -2.13. The summed E-state index contributed by atoms with van der Waals surface area (Å²) in [6, 6.07) is 40.7. The van der Waals surface area contributed by atoms with Gasteiger partial charge in [-0.1, -0.05) is 127 Å². The van der Waals surface area contributed by atoms with Gasteiger partial charge in [0.25, 0.3) is 0 Å². The fourth-order valence-corrected chi connectivity index (χ4v) is 6.94. The summed E-state index contributed by atoms with van der Waals surface area (Å²) >= 11 is 0. The number of hydrogen-bond donors (Lipinski definition) is 0. The third kappa shape index (κ3) is 4.51. The summed E-state index contributed by atoms with van der Waals surface area (Å²) in [5.41, 5.74) is 4.64. The van der Waals surface area contributed by atoms with Gasteiger partial charge in [-0.05, 0) is 79.8 Å². The largest absolute Gasteiger partial charge is 0.456 e. The molecular formula is C46H28N2O. The first-order valence-corrected chi connectivity index (χ1v) is 16.0. The molecule has 0 fully saturated rings. The molecule has 0 N–H and O–H groups in total. The van der Waals surface area contributed by atoms with Gasteiger partial charge >= 0.3 is 0 Å². The van der Waals surface area contributed by atoms with Gasteiger partial charge in [-0.15, -0.1) is 0 Å². The zero-order chi connectivity index (χ0) is 38.4. The molecule has 10 rings (SSSR count). The number of aromatic nitrogens is 2. The van der Waals surface area contributed by atoms with Crippen molar-refractivity contribution in [1.82, 2.24) is 9.97 Å². The van der Waals surface area contributed by atoms with Crippen LogP contribution in [0.25, 0.3) is 99.2 Å². The van der Waals surface area contributed by atoms with E-state index in [2.05, 4.69) is 53.5 Å². The van der Waals surface area contributed by atoms with Crippen LogP contribution in [0.2, 0.25) is 0 Å². The normalized spacial score (nSPS) is 13.7. The van der Waals surface area contributed by atoms with Crippen molar-refractivity contribution in [1.29, 1.82) is 0 Å². The van der Waals surface area contributed by atoms with Gasteiger partial charge in [0.05, 0.1) is 26.3 Å². The van der Waals surface area contributed by atoms with Gasteiger partial charge in [0, 0.05) is 33.6 Å². The highest BCUT2D eigenvalue weighted by atomic mass is 16.3. The fraction of sp³-hybridized carbons (Fsp3) is 0. The van der Waals surface area contributed by atoms with Crippen LogP contribution in [0.4, 0.5) is 0 Å². The number of nitrogens with zero attached hydrogens (tertiary/aromatic N) is 2. The molecule has 7 aromatic carbocycles.